The zero-order chi connectivity index (χ0) is 13.8. The number of hydrogen-bond donors (Lipinski definition) is 2. The molecule has 1 aromatic rings. The van der Waals surface area contributed by atoms with Crippen LogP contribution in [0.3, 0.4) is 0 Å². The molecule has 0 radical (unpaired) electrons. The van der Waals surface area contributed by atoms with E-state index in [1.54, 1.807) is 6.92 Å². The van der Waals surface area contributed by atoms with E-state index in [2.05, 4.69) is 5.32 Å². The number of benzene rings is 1. The molecule has 5 heteroatoms. The van der Waals surface area contributed by atoms with Crippen LogP contribution in [0.15, 0.2) is 24.3 Å². The fourth-order valence-electron chi connectivity index (χ4n) is 1.85. The van der Waals surface area contributed by atoms with Gasteiger partial charge in [-0.1, -0.05) is 29.8 Å². The van der Waals surface area contributed by atoms with Gasteiger partial charge in [-0.3, -0.25) is 5.41 Å². The van der Waals surface area contributed by atoms with Gasteiger partial charge in [0.15, 0.2) is 0 Å². The van der Waals surface area contributed by atoms with Crippen molar-refractivity contribution in [2.45, 2.75) is 32.4 Å². The molecule has 2 rings (SSSR count). The summed E-state index contributed by atoms with van der Waals surface area (Å²) in [5.41, 5.74) is 2.34. The maximum Gasteiger partial charge on any atom is 0.407 e. The van der Waals surface area contributed by atoms with Gasteiger partial charge in [-0.2, -0.15) is 0 Å². The Kier molecular flexibility index (Phi) is 4.04. The summed E-state index contributed by atoms with van der Waals surface area (Å²) in [6.07, 6.45) is 0.0242. The molecular weight excluding hydrogens is 244 g/mol. The van der Waals surface area contributed by atoms with Crippen LogP contribution in [0.1, 0.15) is 18.1 Å². The first-order chi connectivity index (χ1) is 9.06. The first kappa shape index (κ1) is 13.4. The van der Waals surface area contributed by atoms with Crippen LogP contribution >= 0.6 is 0 Å². The Balaban J connectivity index is 1.69. The van der Waals surface area contributed by atoms with Crippen molar-refractivity contribution in [3.8, 4) is 0 Å². The van der Waals surface area contributed by atoms with Crippen LogP contribution in [0.5, 0.6) is 0 Å². The van der Waals surface area contributed by atoms with E-state index >= 15 is 0 Å². The second kappa shape index (κ2) is 5.73. The molecule has 1 fully saturated rings. The quantitative estimate of drug-likeness (QED) is 0.872. The Morgan fingerprint density at radius 3 is 2.68 bits per heavy atom. The number of alkyl carbamates (subject to hydrolysis) is 1. The van der Waals surface area contributed by atoms with Gasteiger partial charge >= 0.3 is 6.09 Å². The van der Waals surface area contributed by atoms with Gasteiger partial charge in [0.1, 0.15) is 12.1 Å². The fourth-order valence-corrected chi connectivity index (χ4v) is 1.85. The lowest BCUT2D eigenvalue weighted by atomic mass is 10.1. The highest BCUT2D eigenvalue weighted by Gasteiger charge is 2.37. The van der Waals surface area contributed by atoms with Crippen LogP contribution < -0.4 is 5.32 Å². The molecular formula is C14H18N2O3. The molecule has 2 N–H and O–H groups in total. The van der Waals surface area contributed by atoms with Crippen LogP contribution in [-0.4, -0.2) is 30.7 Å². The summed E-state index contributed by atoms with van der Waals surface area (Å²) in [6.45, 7) is 4.16. The Morgan fingerprint density at radius 2 is 2.11 bits per heavy atom. The highest BCUT2D eigenvalue weighted by Crippen LogP contribution is 2.13. The lowest BCUT2D eigenvalue weighted by Gasteiger charge is -2.35. The molecule has 0 bridgehead atoms. The number of aryl methyl sites for hydroxylation is 1. The van der Waals surface area contributed by atoms with Gasteiger partial charge in [0, 0.05) is 6.42 Å². The van der Waals surface area contributed by atoms with Crippen molar-refractivity contribution in [2.24, 2.45) is 0 Å². The number of rotatable bonds is 4. The van der Waals surface area contributed by atoms with Gasteiger partial charge < -0.3 is 14.8 Å². The molecule has 2 unspecified atom stereocenters. The SMILES string of the molecule is Cc1ccc(CCOC(=O)NC2C(=N)OC2C)cc1. The minimum Gasteiger partial charge on any atom is -0.474 e. The molecule has 102 valence electrons. The topological polar surface area (TPSA) is 71.4 Å². The highest BCUT2D eigenvalue weighted by molar-refractivity contribution is 5.88. The third kappa shape index (κ3) is 3.47. The lowest BCUT2D eigenvalue weighted by Crippen LogP contribution is -2.58. The summed E-state index contributed by atoms with van der Waals surface area (Å²) < 4.78 is 10.0. The van der Waals surface area contributed by atoms with Gasteiger partial charge in [0.05, 0.1) is 6.61 Å². The smallest absolute Gasteiger partial charge is 0.407 e. The average Bonchev–Trinajstić information content (AvgIpc) is 2.39. The van der Waals surface area contributed by atoms with Crippen molar-refractivity contribution < 1.29 is 14.3 Å². The first-order valence-electron chi connectivity index (χ1n) is 6.30. The molecule has 0 saturated carbocycles. The van der Waals surface area contributed by atoms with E-state index < -0.39 is 6.09 Å². The van der Waals surface area contributed by atoms with Crippen molar-refractivity contribution >= 4 is 12.0 Å². The van der Waals surface area contributed by atoms with Crippen molar-refractivity contribution in [1.29, 1.82) is 5.41 Å². The minimum atomic E-state index is -0.503. The van der Waals surface area contributed by atoms with Crippen molar-refractivity contribution in [3.05, 3.63) is 35.4 Å². The number of amides is 1. The fraction of sp³-hybridized carbons (Fsp3) is 0.429. The third-order valence-electron chi connectivity index (χ3n) is 3.08. The normalized spacial score (nSPS) is 21.3. The largest absolute Gasteiger partial charge is 0.474 e. The summed E-state index contributed by atoms with van der Waals surface area (Å²) >= 11 is 0. The molecule has 1 aliphatic heterocycles. The maximum absolute atomic E-state index is 11.5. The molecule has 1 aromatic carbocycles. The van der Waals surface area contributed by atoms with Gasteiger partial charge in [-0.05, 0) is 19.4 Å². The first-order valence-corrected chi connectivity index (χ1v) is 6.30. The van der Waals surface area contributed by atoms with Crippen LogP contribution in [0.2, 0.25) is 0 Å². The van der Waals surface area contributed by atoms with Crippen molar-refractivity contribution in [2.75, 3.05) is 6.61 Å². The molecule has 2 atom stereocenters. The minimum absolute atomic E-state index is 0.0861. The number of nitrogens with one attached hydrogen (secondary N) is 2. The van der Waals surface area contributed by atoms with Crippen LogP contribution in [-0.2, 0) is 15.9 Å². The number of carbonyl (C=O) groups is 1. The van der Waals surface area contributed by atoms with E-state index in [1.807, 2.05) is 31.2 Å². The van der Waals surface area contributed by atoms with E-state index in [0.717, 1.165) is 5.56 Å². The molecule has 0 aromatic heterocycles. The maximum atomic E-state index is 11.5. The van der Waals surface area contributed by atoms with Crippen molar-refractivity contribution in [1.82, 2.24) is 5.32 Å². The van der Waals surface area contributed by atoms with Crippen LogP contribution in [0.25, 0.3) is 0 Å². The number of ether oxygens (including phenoxy) is 2. The highest BCUT2D eigenvalue weighted by atomic mass is 16.6. The van der Waals surface area contributed by atoms with Gasteiger partial charge in [0.25, 0.3) is 0 Å². The molecule has 5 nitrogen and oxygen atoms in total. The van der Waals surface area contributed by atoms with E-state index in [-0.39, 0.29) is 18.0 Å². The second-order valence-corrected chi connectivity index (χ2v) is 4.68. The second-order valence-electron chi connectivity index (χ2n) is 4.68. The van der Waals surface area contributed by atoms with Crippen LogP contribution in [0.4, 0.5) is 4.79 Å². The Morgan fingerprint density at radius 1 is 1.42 bits per heavy atom. The Hall–Kier alpha value is -2.04. The van der Waals surface area contributed by atoms with Crippen LogP contribution in [0, 0.1) is 12.3 Å². The molecule has 1 heterocycles. The van der Waals surface area contributed by atoms with Crippen molar-refractivity contribution in [3.63, 3.8) is 0 Å². The molecule has 1 aliphatic rings. The van der Waals surface area contributed by atoms with Gasteiger partial charge in [-0.25, -0.2) is 4.79 Å². The summed E-state index contributed by atoms with van der Waals surface area (Å²) in [5.74, 6) is 0.0861. The predicted octanol–water partition coefficient (Wildman–Crippen LogP) is 2.03. The van der Waals surface area contributed by atoms with E-state index in [1.165, 1.54) is 5.56 Å². The Labute approximate surface area is 112 Å². The molecule has 0 spiro atoms. The standard InChI is InChI=1S/C14H18N2O3/c1-9-3-5-11(6-4-9)7-8-18-14(17)16-12-10(2)19-13(12)15/h3-6,10,12,15H,7-8H2,1-2H3,(H,16,17). The summed E-state index contributed by atoms with van der Waals surface area (Å²) in [5, 5.41) is 9.95. The molecule has 0 aliphatic carbocycles. The van der Waals surface area contributed by atoms with E-state index in [4.69, 9.17) is 14.9 Å². The van der Waals surface area contributed by atoms with E-state index in [0.29, 0.717) is 13.0 Å². The number of carbonyl (C=O) groups excluding carboxylic acids is 1. The van der Waals surface area contributed by atoms with Gasteiger partial charge in [-0.15, -0.1) is 0 Å². The predicted molar refractivity (Wildman–Crippen MR) is 71.4 cm³/mol. The molecule has 1 amide bonds. The number of hydrogen-bond acceptors (Lipinski definition) is 4. The zero-order valence-electron chi connectivity index (χ0n) is 11.1. The summed E-state index contributed by atoms with van der Waals surface area (Å²) in [7, 11) is 0. The molecule has 19 heavy (non-hydrogen) atoms. The van der Waals surface area contributed by atoms with E-state index in [9.17, 15) is 4.79 Å². The van der Waals surface area contributed by atoms with Gasteiger partial charge in [0.2, 0.25) is 5.90 Å². The third-order valence-corrected chi connectivity index (χ3v) is 3.08. The summed E-state index contributed by atoms with van der Waals surface area (Å²) in [4.78, 5) is 11.5. The average molecular weight is 262 g/mol. The monoisotopic (exact) mass is 262 g/mol. The summed E-state index contributed by atoms with van der Waals surface area (Å²) in [6, 6.07) is 7.75. The zero-order valence-corrected chi connectivity index (χ0v) is 11.1. The lowest BCUT2D eigenvalue weighted by molar-refractivity contribution is 0.0808. The molecule has 1 saturated heterocycles. The Bertz CT molecular complexity index is 470.